The average molecular weight is 339 g/mol. The maximum atomic E-state index is 12.5. The molecule has 0 bridgehead atoms. The first-order chi connectivity index (χ1) is 12.1. The van der Waals surface area contributed by atoms with Crippen molar-refractivity contribution in [3.05, 3.63) is 83.6 Å². The van der Waals surface area contributed by atoms with Crippen molar-refractivity contribution in [1.29, 1.82) is 0 Å². The zero-order valence-corrected chi connectivity index (χ0v) is 14.1. The number of hydrogen-bond donors (Lipinski definition) is 1. The molecule has 2 rings (SSSR count). The molecule has 0 aliphatic heterocycles. The van der Waals surface area contributed by atoms with Crippen molar-refractivity contribution >= 4 is 11.9 Å². The lowest BCUT2D eigenvalue weighted by atomic mass is 10.1. The molecular formula is C20H21NO4. The number of esters is 1. The van der Waals surface area contributed by atoms with E-state index in [1.807, 2.05) is 60.7 Å². The molecule has 2 aromatic rings. The highest BCUT2D eigenvalue weighted by atomic mass is 16.5. The highest BCUT2D eigenvalue weighted by Crippen LogP contribution is 2.09. The van der Waals surface area contributed by atoms with Crippen LogP contribution in [0.15, 0.2) is 72.5 Å². The number of carbonyl (C=O) groups excluding carboxylic acids is 2. The molecule has 0 fully saturated rings. The Bertz CT molecular complexity index is 726. The molecule has 0 unspecified atom stereocenters. The molecular weight excluding hydrogens is 318 g/mol. The van der Waals surface area contributed by atoms with Crippen LogP contribution in [0.25, 0.3) is 0 Å². The van der Waals surface area contributed by atoms with E-state index in [1.54, 1.807) is 4.90 Å². The Kier molecular flexibility index (Phi) is 6.77. The Morgan fingerprint density at radius 2 is 1.56 bits per heavy atom. The molecule has 0 saturated carbocycles. The first kappa shape index (κ1) is 18.3. The standard InChI is InChI=1S/C20H21NO4/c1-25-20(24)18(22)14-19(23)21(15-17-10-6-3-7-11-17)13-12-16-8-4-2-5-9-16/h2-11,14,22H,12-13,15H2,1H3. The van der Waals surface area contributed by atoms with E-state index in [0.717, 1.165) is 24.3 Å². The summed E-state index contributed by atoms with van der Waals surface area (Å²) in [5.41, 5.74) is 2.07. The summed E-state index contributed by atoms with van der Waals surface area (Å²) < 4.78 is 4.41. The molecule has 5 heteroatoms. The molecule has 0 spiro atoms. The van der Waals surface area contributed by atoms with Gasteiger partial charge in [0.1, 0.15) is 0 Å². The van der Waals surface area contributed by atoms with E-state index in [2.05, 4.69) is 4.74 Å². The molecule has 130 valence electrons. The van der Waals surface area contributed by atoms with Crippen LogP contribution in [0.1, 0.15) is 11.1 Å². The summed E-state index contributed by atoms with van der Waals surface area (Å²) >= 11 is 0. The van der Waals surface area contributed by atoms with Crippen LogP contribution in [-0.4, -0.2) is 35.5 Å². The summed E-state index contributed by atoms with van der Waals surface area (Å²) in [6.45, 7) is 0.847. The van der Waals surface area contributed by atoms with E-state index in [0.29, 0.717) is 19.5 Å². The van der Waals surface area contributed by atoms with Crippen molar-refractivity contribution in [2.75, 3.05) is 13.7 Å². The largest absolute Gasteiger partial charge is 0.502 e. The lowest BCUT2D eigenvalue weighted by Crippen LogP contribution is -2.31. The van der Waals surface area contributed by atoms with Crippen LogP contribution in [0, 0.1) is 0 Å². The van der Waals surface area contributed by atoms with E-state index in [9.17, 15) is 14.7 Å². The lowest BCUT2D eigenvalue weighted by Gasteiger charge is -2.21. The summed E-state index contributed by atoms with van der Waals surface area (Å²) in [5.74, 6) is -2.08. The smallest absolute Gasteiger partial charge is 0.373 e. The minimum atomic E-state index is -0.934. The number of aliphatic hydroxyl groups is 1. The number of ether oxygens (including phenoxy) is 1. The normalized spacial score (nSPS) is 11.0. The van der Waals surface area contributed by atoms with E-state index in [4.69, 9.17) is 0 Å². The van der Waals surface area contributed by atoms with Gasteiger partial charge in [-0.2, -0.15) is 0 Å². The molecule has 0 heterocycles. The van der Waals surface area contributed by atoms with Crippen LogP contribution in [0.3, 0.4) is 0 Å². The van der Waals surface area contributed by atoms with E-state index in [-0.39, 0.29) is 0 Å². The van der Waals surface area contributed by atoms with E-state index < -0.39 is 17.6 Å². The number of nitrogens with zero attached hydrogens (tertiary/aromatic N) is 1. The van der Waals surface area contributed by atoms with E-state index in [1.165, 1.54) is 0 Å². The van der Waals surface area contributed by atoms with Crippen LogP contribution < -0.4 is 0 Å². The first-order valence-corrected chi connectivity index (χ1v) is 7.96. The number of methoxy groups -OCH3 is 1. The van der Waals surface area contributed by atoms with Crippen LogP contribution in [-0.2, 0) is 27.3 Å². The van der Waals surface area contributed by atoms with Gasteiger partial charge in [0.25, 0.3) is 5.91 Å². The van der Waals surface area contributed by atoms with Crippen molar-refractivity contribution in [2.24, 2.45) is 0 Å². The minimum Gasteiger partial charge on any atom is -0.502 e. The number of benzene rings is 2. The molecule has 0 saturated heterocycles. The van der Waals surface area contributed by atoms with Gasteiger partial charge in [-0.05, 0) is 17.5 Å². The lowest BCUT2D eigenvalue weighted by molar-refractivity contribution is -0.139. The van der Waals surface area contributed by atoms with Crippen LogP contribution in [0.4, 0.5) is 0 Å². The number of hydrogen-bond acceptors (Lipinski definition) is 4. The predicted octanol–water partition coefficient (Wildman–Crippen LogP) is 2.87. The van der Waals surface area contributed by atoms with Crippen LogP contribution in [0.2, 0.25) is 0 Å². The van der Waals surface area contributed by atoms with Gasteiger partial charge in [0.05, 0.1) is 13.2 Å². The number of carbonyl (C=O) groups is 2. The minimum absolute atomic E-state index is 0.386. The summed E-state index contributed by atoms with van der Waals surface area (Å²) in [5, 5.41) is 9.63. The number of rotatable bonds is 7. The summed E-state index contributed by atoms with van der Waals surface area (Å²) in [4.78, 5) is 25.4. The van der Waals surface area contributed by atoms with E-state index >= 15 is 0 Å². The topological polar surface area (TPSA) is 66.8 Å². The Labute approximate surface area is 147 Å². The maximum Gasteiger partial charge on any atom is 0.373 e. The summed E-state index contributed by atoms with van der Waals surface area (Å²) in [6, 6.07) is 19.4. The predicted molar refractivity (Wildman–Crippen MR) is 94.7 cm³/mol. The third-order valence-corrected chi connectivity index (χ3v) is 3.70. The third kappa shape index (κ3) is 5.80. The van der Waals surface area contributed by atoms with Crippen molar-refractivity contribution < 1.29 is 19.4 Å². The Balaban J connectivity index is 2.13. The fourth-order valence-electron chi connectivity index (χ4n) is 2.35. The first-order valence-electron chi connectivity index (χ1n) is 7.96. The Morgan fingerprint density at radius 1 is 1.00 bits per heavy atom. The molecule has 0 aliphatic carbocycles. The van der Waals surface area contributed by atoms with Gasteiger partial charge >= 0.3 is 5.97 Å². The van der Waals surface area contributed by atoms with Gasteiger partial charge in [-0.1, -0.05) is 60.7 Å². The second-order valence-corrected chi connectivity index (χ2v) is 5.50. The summed E-state index contributed by atoms with van der Waals surface area (Å²) in [7, 11) is 1.15. The Morgan fingerprint density at radius 3 is 2.12 bits per heavy atom. The fraction of sp³-hybridized carbons (Fsp3) is 0.200. The maximum absolute atomic E-state index is 12.5. The van der Waals surface area contributed by atoms with Gasteiger partial charge in [0.15, 0.2) is 0 Å². The fourth-order valence-corrected chi connectivity index (χ4v) is 2.35. The molecule has 0 aromatic heterocycles. The number of aliphatic hydroxyl groups excluding tert-OH is 1. The van der Waals surface area contributed by atoms with Gasteiger partial charge in [-0.25, -0.2) is 4.79 Å². The molecule has 5 nitrogen and oxygen atoms in total. The summed E-state index contributed by atoms with van der Waals surface area (Å²) in [6.07, 6.45) is 1.58. The van der Waals surface area contributed by atoms with Gasteiger partial charge in [-0.3, -0.25) is 4.79 Å². The monoisotopic (exact) mass is 339 g/mol. The zero-order valence-electron chi connectivity index (χ0n) is 14.1. The zero-order chi connectivity index (χ0) is 18.1. The highest BCUT2D eigenvalue weighted by molar-refractivity contribution is 5.96. The quantitative estimate of drug-likeness (QED) is 0.478. The molecule has 1 amide bonds. The molecule has 2 aromatic carbocycles. The van der Waals surface area contributed by atoms with Gasteiger partial charge in [-0.15, -0.1) is 0 Å². The van der Waals surface area contributed by atoms with Crippen molar-refractivity contribution in [3.8, 4) is 0 Å². The third-order valence-electron chi connectivity index (χ3n) is 3.70. The second kappa shape index (κ2) is 9.27. The van der Waals surface area contributed by atoms with Crippen molar-refractivity contribution in [3.63, 3.8) is 0 Å². The highest BCUT2D eigenvalue weighted by Gasteiger charge is 2.16. The molecule has 25 heavy (non-hydrogen) atoms. The Hall–Kier alpha value is -3.08. The second-order valence-electron chi connectivity index (χ2n) is 5.50. The van der Waals surface area contributed by atoms with Crippen molar-refractivity contribution in [1.82, 2.24) is 4.90 Å². The van der Waals surface area contributed by atoms with Gasteiger partial charge in [0.2, 0.25) is 5.76 Å². The molecule has 0 radical (unpaired) electrons. The van der Waals surface area contributed by atoms with Crippen LogP contribution >= 0.6 is 0 Å². The molecule has 0 aliphatic rings. The average Bonchev–Trinajstić information content (AvgIpc) is 2.65. The van der Waals surface area contributed by atoms with Gasteiger partial charge < -0.3 is 14.7 Å². The van der Waals surface area contributed by atoms with Gasteiger partial charge in [0, 0.05) is 13.1 Å². The van der Waals surface area contributed by atoms with Crippen molar-refractivity contribution in [2.45, 2.75) is 13.0 Å². The number of amides is 1. The van der Waals surface area contributed by atoms with Crippen LogP contribution in [0.5, 0.6) is 0 Å². The molecule has 1 N–H and O–H groups in total. The molecule has 0 atom stereocenters. The SMILES string of the molecule is COC(=O)C(O)=CC(=O)N(CCc1ccccc1)Cc1ccccc1.